The van der Waals surface area contributed by atoms with E-state index in [0.29, 0.717) is 5.92 Å². The van der Waals surface area contributed by atoms with Crippen LogP contribution in [-0.4, -0.2) is 19.2 Å². The summed E-state index contributed by atoms with van der Waals surface area (Å²) < 4.78 is 11.2. The topological polar surface area (TPSA) is 35.5 Å². The van der Waals surface area contributed by atoms with Crippen molar-refractivity contribution in [2.75, 3.05) is 7.11 Å². The van der Waals surface area contributed by atoms with Crippen LogP contribution < -0.4 is 4.74 Å². The zero-order chi connectivity index (χ0) is 18.5. The first-order chi connectivity index (χ1) is 12.5. The molecular formula is C23H28O3. The summed E-state index contributed by atoms with van der Waals surface area (Å²) in [7, 11) is 1.73. The third-order valence-corrected chi connectivity index (χ3v) is 6.72. The summed E-state index contributed by atoms with van der Waals surface area (Å²) in [5, 5.41) is 0. The Kier molecular flexibility index (Phi) is 4.21. The van der Waals surface area contributed by atoms with E-state index in [2.05, 4.69) is 38.1 Å². The van der Waals surface area contributed by atoms with Gasteiger partial charge in [0.15, 0.2) is 0 Å². The number of hydrogen-bond acceptors (Lipinski definition) is 3. The van der Waals surface area contributed by atoms with Gasteiger partial charge in [-0.2, -0.15) is 0 Å². The van der Waals surface area contributed by atoms with Gasteiger partial charge in [0.1, 0.15) is 11.9 Å². The fourth-order valence-electron chi connectivity index (χ4n) is 5.54. The Morgan fingerprint density at radius 1 is 1.35 bits per heavy atom. The van der Waals surface area contributed by atoms with Crippen molar-refractivity contribution in [3.05, 3.63) is 46.5 Å². The Morgan fingerprint density at radius 2 is 2.15 bits per heavy atom. The van der Waals surface area contributed by atoms with Crippen LogP contribution in [0, 0.1) is 11.3 Å². The van der Waals surface area contributed by atoms with E-state index < -0.39 is 0 Å². The van der Waals surface area contributed by atoms with Crippen molar-refractivity contribution >= 4 is 11.5 Å². The highest BCUT2D eigenvalue weighted by Crippen LogP contribution is 2.59. The molecule has 4 rings (SSSR count). The largest absolute Gasteiger partial charge is 0.497 e. The normalized spacial score (nSPS) is 29.5. The summed E-state index contributed by atoms with van der Waals surface area (Å²) in [6.45, 7) is 6.11. The number of fused-ring (bicyclic) bond motifs is 4. The van der Waals surface area contributed by atoms with Crippen LogP contribution in [-0.2, 0) is 16.0 Å². The Bertz CT molecular complexity index is 817. The molecule has 3 nitrogen and oxygen atoms in total. The van der Waals surface area contributed by atoms with Crippen LogP contribution in [0.15, 0.2) is 35.4 Å². The Hall–Kier alpha value is -2.03. The zero-order valence-electron chi connectivity index (χ0n) is 16.2. The Balaban J connectivity index is 1.80. The van der Waals surface area contributed by atoms with Gasteiger partial charge in [0.05, 0.1) is 7.11 Å². The predicted molar refractivity (Wildman–Crippen MR) is 103 cm³/mol. The van der Waals surface area contributed by atoms with Crippen molar-refractivity contribution < 1.29 is 14.3 Å². The average Bonchev–Trinajstić information content (AvgIpc) is 2.99. The molecule has 0 N–H and O–H groups in total. The number of rotatable bonds is 3. The van der Waals surface area contributed by atoms with Gasteiger partial charge in [0.25, 0.3) is 0 Å². The molecule has 138 valence electrons. The molecule has 0 unspecified atom stereocenters. The lowest BCUT2D eigenvalue weighted by atomic mass is 9.61. The molecule has 0 aromatic heterocycles. The molecule has 26 heavy (non-hydrogen) atoms. The summed E-state index contributed by atoms with van der Waals surface area (Å²) in [5.41, 5.74) is 7.27. The third kappa shape index (κ3) is 2.44. The van der Waals surface area contributed by atoms with Crippen molar-refractivity contribution in [2.24, 2.45) is 11.3 Å². The van der Waals surface area contributed by atoms with Gasteiger partial charge >= 0.3 is 5.97 Å². The van der Waals surface area contributed by atoms with E-state index >= 15 is 0 Å². The van der Waals surface area contributed by atoms with E-state index in [9.17, 15) is 4.79 Å². The highest BCUT2D eigenvalue weighted by Gasteiger charge is 2.50. The quantitative estimate of drug-likeness (QED) is 0.711. The minimum atomic E-state index is -0.161. The molecule has 3 aliphatic carbocycles. The summed E-state index contributed by atoms with van der Waals surface area (Å²) in [6, 6.07) is 6.50. The lowest BCUT2D eigenvalue weighted by Crippen LogP contribution is -2.39. The second kappa shape index (κ2) is 6.29. The van der Waals surface area contributed by atoms with Crippen LogP contribution in [0.4, 0.5) is 0 Å². The SMILES string of the molecule is CC[C@@]12CCC3=C(C1=CC[C@H]2OC(C)=O)[C@H](C)Cc1cc(OC)ccc13. The van der Waals surface area contributed by atoms with Gasteiger partial charge in [0.2, 0.25) is 0 Å². The molecule has 0 aliphatic heterocycles. The minimum Gasteiger partial charge on any atom is -0.497 e. The summed E-state index contributed by atoms with van der Waals surface area (Å²) in [6.07, 6.45) is 7.39. The summed E-state index contributed by atoms with van der Waals surface area (Å²) in [4.78, 5) is 11.6. The molecule has 0 fully saturated rings. The number of ether oxygens (including phenoxy) is 2. The van der Waals surface area contributed by atoms with Gasteiger partial charge in [-0.25, -0.2) is 0 Å². The molecular weight excluding hydrogens is 324 g/mol. The molecule has 1 aromatic carbocycles. The average molecular weight is 352 g/mol. The molecule has 3 atom stereocenters. The minimum absolute atomic E-state index is 0.00138. The molecule has 0 bridgehead atoms. The standard InChI is InChI=1S/C23H28O3/c1-5-23-11-10-19-18-7-6-17(25-4)13-16(18)12-14(2)22(19)20(23)8-9-21(23)26-15(3)24/h6-8,13-14,21H,5,9-12H2,1-4H3/t14-,21-,23-/m1/s1. The second-order valence-corrected chi connectivity index (χ2v) is 7.98. The summed E-state index contributed by atoms with van der Waals surface area (Å²) in [5.74, 6) is 1.26. The van der Waals surface area contributed by atoms with Crippen molar-refractivity contribution in [2.45, 2.75) is 59.0 Å². The van der Waals surface area contributed by atoms with Crippen molar-refractivity contribution in [3.63, 3.8) is 0 Å². The van der Waals surface area contributed by atoms with Gasteiger partial charge in [0, 0.05) is 18.8 Å². The molecule has 0 amide bonds. The van der Waals surface area contributed by atoms with E-state index in [1.54, 1.807) is 7.11 Å². The first-order valence-corrected chi connectivity index (χ1v) is 9.78. The maximum Gasteiger partial charge on any atom is 0.302 e. The fraction of sp³-hybridized carbons (Fsp3) is 0.522. The van der Waals surface area contributed by atoms with Crippen molar-refractivity contribution in [1.29, 1.82) is 0 Å². The number of esters is 1. The smallest absolute Gasteiger partial charge is 0.302 e. The maximum absolute atomic E-state index is 11.6. The Morgan fingerprint density at radius 3 is 2.85 bits per heavy atom. The van der Waals surface area contributed by atoms with Crippen LogP contribution in [0.25, 0.3) is 5.57 Å². The predicted octanol–water partition coefficient (Wildman–Crippen LogP) is 5.09. The van der Waals surface area contributed by atoms with Crippen LogP contribution in [0.1, 0.15) is 57.6 Å². The monoisotopic (exact) mass is 352 g/mol. The number of hydrogen-bond donors (Lipinski definition) is 0. The van der Waals surface area contributed by atoms with E-state index in [1.807, 2.05) is 0 Å². The molecule has 0 radical (unpaired) electrons. The second-order valence-electron chi connectivity index (χ2n) is 7.98. The van der Waals surface area contributed by atoms with Crippen LogP contribution in [0.3, 0.4) is 0 Å². The number of carbonyl (C=O) groups excluding carboxylic acids is 1. The van der Waals surface area contributed by atoms with Gasteiger partial charge in [-0.05, 0) is 71.6 Å². The lowest BCUT2D eigenvalue weighted by molar-refractivity contribution is -0.151. The van der Waals surface area contributed by atoms with E-state index in [0.717, 1.165) is 37.9 Å². The Labute approximate surface area is 156 Å². The highest BCUT2D eigenvalue weighted by atomic mass is 16.5. The molecule has 0 saturated heterocycles. The van der Waals surface area contributed by atoms with E-state index in [4.69, 9.17) is 9.47 Å². The lowest BCUT2D eigenvalue weighted by Gasteiger charge is -2.45. The van der Waals surface area contributed by atoms with Gasteiger partial charge in [-0.1, -0.05) is 26.0 Å². The highest BCUT2D eigenvalue weighted by molar-refractivity contribution is 5.80. The molecule has 0 heterocycles. The van der Waals surface area contributed by atoms with Crippen LogP contribution >= 0.6 is 0 Å². The van der Waals surface area contributed by atoms with Gasteiger partial charge in [-0.3, -0.25) is 4.79 Å². The number of allylic oxidation sites excluding steroid dienone is 2. The third-order valence-electron chi connectivity index (χ3n) is 6.72. The molecule has 3 heteroatoms. The van der Waals surface area contributed by atoms with E-state index in [1.165, 1.54) is 34.8 Å². The van der Waals surface area contributed by atoms with Crippen LogP contribution in [0.2, 0.25) is 0 Å². The fourth-order valence-corrected chi connectivity index (χ4v) is 5.54. The molecule has 0 saturated carbocycles. The molecule has 1 aromatic rings. The maximum atomic E-state index is 11.6. The van der Waals surface area contributed by atoms with E-state index in [-0.39, 0.29) is 17.5 Å². The molecule has 3 aliphatic rings. The number of carbonyl (C=O) groups is 1. The first kappa shape index (κ1) is 17.4. The summed E-state index contributed by atoms with van der Waals surface area (Å²) >= 11 is 0. The van der Waals surface area contributed by atoms with Gasteiger partial charge in [-0.15, -0.1) is 0 Å². The van der Waals surface area contributed by atoms with Gasteiger partial charge < -0.3 is 9.47 Å². The van der Waals surface area contributed by atoms with Crippen molar-refractivity contribution in [1.82, 2.24) is 0 Å². The molecule has 0 spiro atoms. The van der Waals surface area contributed by atoms with Crippen molar-refractivity contribution in [3.8, 4) is 5.75 Å². The number of benzene rings is 1. The van der Waals surface area contributed by atoms with Crippen LogP contribution in [0.5, 0.6) is 5.75 Å². The first-order valence-electron chi connectivity index (χ1n) is 9.78. The zero-order valence-corrected chi connectivity index (χ0v) is 16.2. The number of methoxy groups -OCH3 is 1.